The second kappa shape index (κ2) is 5.05. The quantitative estimate of drug-likeness (QED) is 0.589. The van der Waals surface area contributed by atoms with Gasteiger partial charge in [0, 0.05) is 35.6 Å². The smallest absolute Gasteiger partial charge is 0.162 e. The van der Waals surface area contributed by atoms with Crippen LogP contribution < -0.4 is 5.73 Å². The molecular weight excluding hydrogens is 262 g/mol. The molecule has 0 radical (unpaired) electrons. The standard InChI is InChI=1S/C17H17N3O/c1-3-16(21)12-4-5-13(14(18)9-12)15-10-20-7-6-11(2)8-17(20)19-15/h4-10H,3,18H2,1-2H3. The van der Waals surface area contributed by atoms with E-state index >= 15 is 0 Å². The molecule has 3 aromatic rings. The second-order valence-electron chi connectivity index (χ2n) is 5.17. The number of fused-ring (bicyclic) bond motifs is 1. The van der Waals surface area contributed by atoms with Gasteiger partial charge in [-0.05, 0) is 36.8 Å². The molecule has 4 nitrogen and oxygen atoms in total. The topological polar surface area (TPSA) is 60.4 Å². The number of aryl methyl sites for hydroxylation is 1. The first-order valence-corrected chi connectivity index (χ1v) is 6.97. The number of nitrogen functional groups attached to an aromatic ring is 1. The van der Waals surface area contributed by atoms with E-state index in [2.05, 4.69) is 4.98 Å². The summed E-state index contributed by atoms with van der Waals surface area (Å²) in [4.78, 5) is 16.3. The molecule has 0 aliphatic heterocycles. The van der Waals surface area contributed by atoms with Gasteiger partial charge in [0.15, 0.2) is 5.78 Å². The van der Waals surface area contributed by atoms with Crippen LogP contribution in [0.2, 0.25) is 0 Å². The van der Waals surface area contributed by atoms with Crippen molar-refractivity contribution in [2.75, 3.05) is 5.73 Å². The Hall–Kier alpha value is -2.62. The Bertz CT molecular complexity index is 833. The van der Waals surface area contributed by atoms with Crippen molar-refractivity contribution in [1.82, 2.24) is 9.38 Å². The first-order valence-electron chi connectivity index (χ1n) is 6.97. The van der Waals surface area contributed by atoms with E-state index in [0.717, 1.165) is 22.5 Å². The lowest BCUT2D eigenvalue weighted by Crippen LogP contribution is -1.99. The van der Waals surface area contributed by atoms with Crippen LogP contribution in [0.4, 0.5) is 5.69 Å². The van der Waals surface area contributed by atoms with Crippen LogP contribution in [0.1, 0.15) is 29.3 Å². The molecule has 21 heavy (non-hydrogen) atoms. The first kappa shape index (κ1) is 13.4. The van der Waals surface area contributed by atoms with Gasteiger partial charge in [-0.3, -0.25) is 4.79 Å². The highest BCUT2D eigenvalue weighted by Gasteiger charge is 2.10. The van der Waals surface area contributed by atoms with Gasteiger partial charge in [-0.25, -0.2) is 4.98 Å². The molecule has 0 saturated heterocycles. The lowest BCUT2D eigenvalue weighted by molar-refractivity contribution is 0.0988. The monoisotopic (exact) mass is 279 g/mol. The number of ketones is 1. The molecule has 0 spiro atoms. The summed E-state index contributed by atoms with van der Waals surface area (Å²) in [5.41, 5.74) is 11.0. The van der Waals surface area contributed by atoms with Crippen LogP contribution in [0.25, 0.3) is 16.9 Å². The minimum Gasteiger partial charge on any atom is -0.398 e. The van der Waals surface area contributed by atoms with Crippen molar-refractivity contribution < 1.29 is 4.79 Å². The Morgan fingerprint density at radius 2 is 2.10 bits per heavy atom. The van der Waals surface area contributed by atoms with Crippen molar-refractivity contribution in [3.8, 4) is 11.3 Å². The molecule has 3 rings (SSSR count). The number of rotatable bonds is 3. The lowest BCUT2D eigenvalue weighted by Gasteiger charge is -2.05. The Morgan fingerprint density at radius 3 is 2.81 bits per heavy atom. The van der Waals surface area contributed by atoms with E-state index in [9.17, 15) is 4.79 Å². The highest BCUT2D eigenvalue weighted by Crippen LogP contribution is 2.27. The maximum atomic E-state index is 11.7. The van der Waals surface area contributed by atoms with Crippen molar-refractivity contribution in [3.63, 3.8) is 0 Å². The molecule has 2 heterocycles. The molecule has 106 valence electrons. The number of benzene rings is 1. The third kappa shape index (κ3) is 2.40. The number of pyridine rings is 1. The highest BCUT2D eigenvalue weighted by atomic mass is 16.1. The number of imidazole rings is 1. The molecule has 0 atom stereocenters. The summed E-state index contributed by atoms with van der Waals surface area (Å²) in [5.74, 6) is 0.0962. The summed E-state index contributed by atoms with van der Waals surface area (Å²) < 4.78 is 1.97. The molecule has 0 amide bonds. The molecule has 0 aliphatic carbocycles. The van der Waals surface area contributed by atoms with Crippen LogP contribution in [0.5, 0.6) is 0 Å². The van der Waals surface area contributed by atoms with Crippen LogP contribution in [-0.4, -0.2) is 15.2 Å². The van der Waals surface area contributed by atoms with Gasteiger partial charge >= 0.3 is 0 Å². The number of carbonyl (C=O) groups is 1. The minimum atomic E-state index is 0.0962. The number of Topliss-reactive ketones (excluding diaryl/α,β-unsaturated/α-hetero) is 1. The highest BCUT2D eigenvalue weighted by molar-refractivity contribution is 5.97. The lowest BCUT2D eigenvalue weighted by atomic mass is 10.0. The fraction of sp³-hybridized carbons (Fsp3) is 0.176. The predicted octanol–water partition coefficient (Wildman–Crippen LogP) is 3.48. The molecular formula is C17H17N3O. The number of aromatic nitrogens is 2. The zero-order chi connectivity index (χ0) is 15.0. The van der Waals surface area contributed by atoms with E-state index in [-0.39, 0.29) is 5.78 Å². The van der Waals surface area contributed by atoms with Crippen molar-refractivity contribution in [2.45, 2.75) is 20.3 Å². The van der Waals surface area contributed by atoms with Crippen LogP contribution >= 0.6 is 0 Å². The van der Waals surface area contributed by atoms with Gasteiger partial charge in [-0.2, -0.15) is 0 Å². The zero-order valence-electron chi connectivity index (χ0n) is 12.1. The summed E-state index contributed by atoms with van der Waals surface area (Å²) in [6.45, 7) is 3.88. The minimum absolute atomic E-state index is 0.0962. The summed E-state index contributed by atoms with van der Waals surface area (Å²) >= 11 is 0. The van der Waals surface area contributed by atoms with Gasteiger partial charge in [-0.1, -0.05) is 13.0 Å². The first-order chi connectivity index (χ1) is 10.1. The summed E-state index contributed by atoms with van der Waals surface area (Å²) in [6.07, 6.45) is 4.40. The molecule has 2 aromatic heterocycles. The van der Waals surface area contributed by atoms with Crippen molar-refractivity contribution in [1.29, 1.82) is 0 Å². The Labute approximate surface area is 123 Å². The van der Waals surface area contributed by atoms with Gasteiger partial charge in [0.25, 0.3) is 0 Å². The molecule has 2 N–H and O–H groups in total. The second-order valence-corrected chi connectivity index (χ2v) is 5.17. The van der Waals surface area contributed by atoms with E-state index in [1.54, 1.807) is 6.07 Å². The van der Waals surface area contributed by atoms with Gasteiger partial charge in [0.2, 0.25) is 0 Å². The van der Waals surface area contributed by atoms with Crippen molar-refractivity contribution in [2.24, 2.45) is 0 Å². The van der Waals surface area contributed by atoms with E-state index in [1.165, 1.54) is 0 Å². The normalized spacial score (nSPS) is 11.0. The average molecular weight is 279 g/mol. The maximum Gasteiger partial charge on any atom is 0.162 e. The van der Waals surface area contributed by atoms with Crippen LogP contribution in [0, 0.1) is 6.92 Å². The number of hydrogen-bond donors (Lipinski definition) is 1. The number of nitrogens with two attached hydrogens (primary N) is 1. The Balaban J connectivity index is 2.08. The Kier molecular flexibility index (Phi) is 3.22. The van der Waals surface area contributed by atoms with Crippen LogP contribution in [0.15, 0.2) is 42.7 Å². The molecule has 1 aromatic carbocycles. The molecule has 0 fully saturated rings. The summed E-state index contributed by atoms with van der Waals surface area (Å²) in [7, 11) is 0. The number of carbonyl (C=O) groups excluding carboxylic acids is 1. The van der Waals surface area contributed by atoms with Gasteiger partial charge in [0.05, 0.1) is 5.69 Å². The SMILES string of the molecule is CCC(=O)c1ccc(-c2cn3ccc(C)cc3n2)c(N)c1. The molecule has 0 unspecified atom stereocenters. The average Bonchev–Trinajstić information content (AvgIpc) is 2.88. The fourth-order valence-corrected chi connectivity index (χ4v) is 2.39. The number of nitrogens with zero attached hydrogens (tertiary/aromatic N) is 2. The van der Waals surface area contributed by atoms with E-state index in [4.69, 9.17) is 5.73 Å². The van der Waals surface area contributed by atoms with Crippen LogP contribution in [-0.2, 0) is 0 Å². The summed E-state index contributed by atoms with van der Waals surface area (Å²) in [6, 6.07) is 9.47. The molecule has 4 heteroatoms. The zero-order valence-corrected chi connectivity index (χ0v) is 12.1. The Morgan fingerprint density at radius 1 is 1.29 bits per heavy atom. The summed E-state index contributed by atoms with van der Waals surface area (Å²) in [5, 5.41) is 0. The van der Waals surface area contributed by atoms with E-state index in [1.807, 2.05) is 54.9 Å². The molecule has 0 bridgehead atoms. The van der Waals surface area contributed by atoms with E-state index < -0.39 is 0 Å². The fourth-order valence-electron chi connectivity index (χ4n) is 2.39. The largest absolute Gasteiger partial charge is 0.398 e. The maximum absolute atomic E-state index is 11.7. The van der Waals surface area contributed by atoms with Crippen molar-refractivity contribution in [3.05, 3.63) is 53.9 Å². The van der Waals surface area contributed by atoms with Crippen LogP contribution in [0.3, 0.4) is 0 Å². The number of hydrogen-bond acceptors (Lipinski definition) is 3. The third-order valence-electron chi connectivity index (χ3n) is 3.59. The van der Waals surface area contributed by atoms with Gasteiger partial charge in [-0.15, -0.1) is 0 Å². The molecule has 0 saturated carbocycles. The van der Waals surface area contributed by atoms with Gasteiger partial charge < -0.3 is 10.1 Å². The van der Waals surface area contributed by atoms with Crippen molar-refractivity contribution >= 4 is 17.1 Å². The number of anilines is 1. The molecule has 0 aliphatic rings. The van der Waals surface area contributed by atoms with E-state index in [0.29, 0.717) is 17.7 Å². The predicted molar refractivity (Wildman–Crippen MR) is 84.4 cm³/mol. The third-order valence-corrected chi connectivity index (χ3v) is 3.59. The van der Waals surface area contributed by atoms with Gasteiger partial charge in [0.1, 0.15) is 5.65 Å².